The van der Waals surface area contributed by atoms with Crippen molar-refractivity contribution < 1.29 is 4.79 Å². The zero-order chi connectivity index (χ0) is 13.8. The van der Waals surface area contributed by atoms with E-state index < -0.39 is 0 Å². The Morgan fingerprint density at radius 1 is 1.05 bits per heavy atom. The molecule has 0 spiro atoms. The highest BCUT2D eigenvalue weighted by atomic mass is 35.5. The molecule has 0 amide bonds. The molecule has 0 saturated heterocycles. The maximum Gasteiger partial charge on any atom is 0.166 e. The SMILES string of the molecule is Cl.O=C1c2ccccc2CCC1CCNCCC1CCC1. The van der Waals surface area contributed by atoms with E-state index in [1.165, 1.54) is 31.2 Å². The molecule has 0 aliphatic heterocycles. The first-order chi connectivity index (χ1) is 9.84. The van der Waals surface area contributed by atoms with Gasteiger partial charge in [0.1, 0.15) is 0 Å². The molecule has 21 heavy (non-hydrogen) atoms. The van der Waals surface area contributed by atoms with Gasteiger partial charge in [-0.15, -0.1) is 12.4 Å². The number of hydrogen-bond donors (Lipinski definition) is 1. The molecule has 2 nitrogen and oxygen atoms in total. The van der Waals surface area contributed by atoms with Gasteiger partial charge in [-0.3, -0.25) is 4.79 Å². The first-order valence-corrected chi connectivity index (χ1v) is 8.17. The molecule has 3 rings (SSSR count). The van der Waals surface area contributed by atoms with Crippen LogP contribution in [-0.4, -0.2) is 18.9 Å². The minimum absolute atomic E-state index is 0. The summed E-state index contributed by atoms with van der Waals surface area (Å²) in [7, 11) is 0. The van der Waals surface area contributed by atoms with Gasteiger partial charge in [0.05, 0.1) is 0 Å². The number of benzene rings is 1. The van der Waals surface area contributed by atoms with E-state index in [1.807, 2.05) is 18.2 Å². The van der Waals surface area contributed by atoms with Crippen LogP contribution in [0, 0.1) is 11.8 Å². The number of aryl methyl sites for hydroxylation is 1. The van der Waals surface area contributed by atoms with Crippen molar-refractivity contribution in [2.24, 2.45) is 11.8 Å². The molecular formula is C18H26ClNO. The van der Waals surface area contributed by atoms with E-state index in [-0.39, 0.29) is 18.3 Å². The molecule has 1 atom stereocenters. The van der Waals surface area contributed by atoms with Crippen molar-refractivity contribution in [3.8, 4) is 0 Å². The van der Waals surface area contributed by atoms with E-state index in [1.54, 1.807) is 0 Å². The summed E-state index contributed by atoms with van der Waals surface area (Å²) in [5, 5.41) is 3.52. The van der Waals surface area contributed by atoms with Crippen LogP contribution >= 0.6 is 12.4 Å². The molecule has 0 heterocycles. The number of fused-ring (bicyclic) bond motifs is 1. The summed E-state index contributed by atoms with van der Waals surface area (Å²) in [6.45, 7) is 2.12. The van der Waals surface area contributed by atoms with Gasteiger partial charge in [0.15, 0.2) is 5.78 Å². The fourth-order valence-corrected chi connectivity index (χ4v) is 3.42. The summed E-state index contributed by atoms with van der Waals surface area (Å²) in [6, 6.07) is 8.11. The zero-order valence-electron chi connectivity index (χ0n) is 12.6. The predicted octanol–water partition coefficient (Wildman–Crippen LogP) is 4.02. The van der Waals surface area contributed by atoms with Crippen molar-refractivity contribution in [1.82, 2.24) is 5.32 Å². The van der Waals surface area contributed by atoms with E-state index in [2.05, 4.69) is 11.4 Å². The van der Waals surface area contributed by atoms with Crippen LogP contribution in [0.1, 0.15) is 54.4 Å². The second-order valence-corrected chi connectivity index (χ2v) is 6.38. The number of ketones is 1. The molecule has 2 aliphatic carbocycles. The topological polar surface area (TPSA) is 29.1 Å². The fourth-order valence-electron chi connectivity index (χ4n) is 3.42. The van der Waals surface area contributed by atoms with Crippen LogP contribution in [0.4, 0.5) is 0 Å². The van der Waals surface area contributed by atoms with E-state index in [0.29, 0.717) is 5.78 Å². The van der Waals surface area contributed by atoms with Crippen molar-refractivity contribution in [2.75, 3.05) is 13.1 Å². The molecule has 3 heteroatoms. The molecule has 1 N–H and O–H groups in total. The standard InChI is InChI=1S/C18H25NO.ClH/c20-18-16(9-8-15-6-1-2-7-17(15)18)11-13-19-12-10-14-4-3-5-14;/h1-2,6-7,14,16,19H,3-5,8-13H2;1H. The van der Waals surface area contributed by atoms with Crippen molar-refractivity contribution in [2.45, 2.75) is 44.9 Å². The number of carbonyl (C=O) groups excluding carboxylic acids is 1. The molecule has 1 aromatic carbocycles. The number of Topliss-reactive ketones (excluding diaryl/α,β-unsaturated/α-hetero) is 1. The lowest BCUT2D eigenvalue weighted by molar-refractivity contribution is 0.0894. The van der Waals surface area contributed by atoms with Crippen molar-refractivity contribution in [3.63, 3.8) is 0 Å². The van der Waals surface area contributed by atoms with E-state index in [9.17, 15) is 4.79 Å². The van der Waals surface area contributed by atoms with Crippen LogP contribution in [0.3, 0.4) is 0 Å². The molecule has 0 aromatic heterocycles. The van der Waals surface area contributed by atoms with E-state index >= 15 is 0 Å². The van der Waals surface area contributed by atoms with Crippen LogP contribution in [0.15, 0.2) is 24.3 Å². The minimum atomic E-state index is 0. The van der Waals surface area contributed by atoms with E-state index in [0.717, 1.165) is 43.8 Å². The Hall–Kier alpha value is -0.860. The number of halogens is 1. The van der Waals surface area contributed by atoms with Crippen LogP contribution in [0.2, 0.25) is 0 Å². The Morgan fingerprint density at radius 3 is 2.57 bits per heavy atom. The lowest BCUT2D eigenvalue weighted by Crippen LogP contribution is -2.28. The number of hydrogen-bond acceptors (Lipinski definition) is 2. The predicted molar refractivity (Wildman–Crippen MR) is 89.3 cm³/mol. The molecule has 116 valence electrons. The van der Waals surface area contributed by atoms with E-state index in [4.69, 9.17) is 0 Å². The summed E-state index contributed by atoms with van der Waals surface area (Å²) < 4.78 is 0. The highest BCUT2D eigenvalue weighted by Crippen LogP contribution is 2.29. The maximum atomic E-state index is 12.4. The summed E-state index contributed by atoms with van der Waals surface area (Å²) in [5.41, 5.74) is 2.21. The Labute approximate surface area is 134 Å². The van der Waals surface area contributed by atoms with Crippen molar-refractivity contribution in [3.05, 3.63) is 35.4 Å². The third kappa shape index (κ3) is 4.08. The first kappa shape index (κ1) is 16.5. The van der Waals surface area contributed by atoms with Gasteiger partial charge in [0.25, 0.3) is 0 Å². The summed E-state index contributed by atoms with van der Waals surface area (Å²) in [5.74, 6) is 1.58. The normalized spacial score (nSPS) is 21.3. The summed E-state index contributed by atoms with van der Waals surface area (Å²) in [4.78, 5) is 12.4. The Bertz CT molecular complexity index is 470. The zero-order valence-corrected chi connectivity index (χ0v) is 13.5. The molecular weight excluding hydrogens is 282 g/mol. The Kier molecular flexibility index (Phi) is 6.25. The minimum Gasteiger partial charge on any atom is -0.317 e. The molecule has 1 aromatic rings. The summed E-state index contributed by atoms with van der Waals surface area (Å²) in [6.07, 6.45) is 8.70. The number of nitrogens with one attached hydrogen (secondary N) is 1. The smallest absolute Gasteiger partial charge is 0.166 e. The monoisotopic (exact) mass is 307 g/mol. The summed E-state index contributed by atoms with van der Waals surface area (Å²) >= 11 is 0. The van der Waals surface area contributed by atoms with Gasteiger partial charge in [-0.1, -0.05) is 43.5 Å². The fraction of sp³-hybridized carbons (Fsp3) is 0.611. The average Bonchev–Trinajstić information content (AvgIpc) is 2.43. The first-order valence-electron chi connectivity index (χ1n) is 8.17. The molecule has 0 bridgehead atoms. The average molecular weight is 308 g/mol. The van der Waals surface area contributed by atoms with Gasteiger partial charge >= 0.3 is 0 Å². The Balaban J connectivity index is 0.00000161. The molecule has 1 fully saturated rings. The maximum absolute atomic E-state index is 12.4. The lowest BCUT2D eigenvalue weighted by Gasteiger charge is -2.26. The quantitative estimate of drug-likeness (QED) is 0.804. The molecule has 2 aliphatic rings. The highest BCUT2D eigenvalue weighted by molar-refractivity contribution is 6.00. The van der Waals surface area contributed by atoms with Crippen LogP contribution < -0.4 is 5.32 Å². The van der Waals surface area contributed by atoms with Gasteiger partial charge in [-0.05, 0) is 50.3 Å². The van der Waals surface area contributed by atoms with Crippen LogP contribution in [0.5, 0.6) is 0 Å². The second-order valence-electron chi connectivity index (χ2n) is 6.38. The number of rotatable bonds is 6. The molecule has 0 radical (unpaired) electrons. The van der Waals surface area contributed by atoms with Crippen LogP contribution in [0.25, 0.3) is 0 Å². The van der Waals surface area contributed by atoms with Gasteiger partial charge in [-0.2, -0.15) is 0 Å². The van der Waals surface area contributed by atoms with Gasteiger partial charge in [0, 0.05) is 11.5 Å². The molecule has 1 unspecified atom stereocenters. The van der Waals surface area contributed by atoms with Gasteiger partial charge in [0.2, 0.25) is 0 Å². The third-order valence-corrected chi connectivity index (χ3v) is 5.04. The van der Waals surface area contributed by atoms with Gasteiger partial charge in [-0.25, -0.2) is 0 Å². The van der Waals surface area contributed by atoms with Crippen LogP contribution in [-0.2, 0) is 6.42 Å². The van der Waals surface area contributed by atoms with Crippen molar-refractivity contribution in [1.29, 1.82) is 0 Å². The Morgan fingerprint density at radius 2 is 1.81 bits per heavy atom. The highest BCUT2D eigenvalue weighted by Gasteiger charge is 2.26. The molecule has 1 saturated carbocycles. The van der Waals surface area contributed by atoms with Gasteiger partial charge < -0.3 is 5.32 Å². The van der Waals surface area contributed by atoms with Crippen molar-refractivity contribution >= 4 is 18.2 Å². The largest absolute Gasteiger partial charge is 0.317 e. The second kappa shape index (κ2) is 7.95. The third-order valence-electron chi connectivity index (χ3n) is 5.04. The lowest BCUT2D eigenvalue weighted by atomic mass is 9.81. The number of carbonyl (C=O) groups is 1.